The number of methoxy groups -OCH3 is 1. The molecule has 16 nitrogen and oxygen atoms in total. The highest BCUT2D eigenvalue weighted by Gasteiger charge is 2.54. The fourth-order valence-corrected chi connectivity index (χ4v) is 9.96. The molecule has 3 heterocycles. The first-order valence-corrected chi connectivity index (χ1v) is 23.8. The monoisotopic (exact) mass is 1030 g/mol. The lowest BCUT2D eigenvalue weighted by Gasteiger charge is -2.50. The maximum Gasteiger partial charge on any atom is 0.415 e. The average molecular weight is 1030 g/mol. The van der Waals surface area contributed by atoms with E-state index in [1.165, 1.54) is 31.9 Å². The van der Waals surface area contributed by atoms with Crippen LogP contribution in [0.3, 0.4) is 0 Å². The number of fused-ring (bicyclic) bond motifs is 3. The number of carbonyl (C=O) groups excluding carboxylic acids is 5. The molecular formula is C47H66Br2N6O10. The Labute approximate surface area is 399 Å². The number of rotatable bonds is 2. The highest BCUT2D eigenvalue weighted by Crippen LogP contribution is 2.54. The van der Waals surface area contributed by atoms with Crippen LogP contribution in [-0.4, -0.2) is 84.6 Å². The molecule has 0 bridgehead atoms. The Morgan fingerprint density at radius 1 is 0.785 bits per heavy atom. The molecule has 65 heavy (non-hydrogen) atoms. The van der Waals surface area contributed by atoms with Crippen LogP contribution in [-0.2, 0) is 34.9 Å². The number of halogens is 2. The number of hydrogen-bond donors (Lipinski definition) is 4. The van der Waals surface area contributed by atoms with Crippen molar-refractivity contribution in [2.24, 2.45) is 10.7 Å². The van der Waals surface area contributed by atoms with Crippen LogP contribution in [0.5, 0.6) is 11.5 Å². The van der Waals surface area contributed by atoms with Gasteiger partial charge in [-0.1, -0.05) is 44.7 Å². The van der Waals surface area contributed by atoms with Crippen LogP contribution in [0.4, 0.5) is 14.4 Å². The number of esters is 1. The molecular weight excluding hydrogens is 968 g/mol. The highest BCUT2D eigenvalue weighted by atomic mass is 79.9. The predicted octanol–water partition coefficient (Wildman–Crippen LogP) is 9.37. The zero-order chi connectivity index (χ0) is 48.0. The van der Waals surface area contributed by atoms with Gasteiger partial charge in [-0.3, -0.25) is 19.8 Å². The number of guanidine groups is 1. The van der Waals surface area contributed by atoms with Gasteiger partial charge in [-0.2, -0.15) is 0 Å². The Hall–Kier alpha value is -4.42. The summed E-state index contributed by atoms with van der Waals surface area (Å²) in [6.07, 6.45) is 11.2. The molecule has 3 aliphatic heterocycles. The van der Waals surface area contributed by atoms with Crippen molar-refractivity contribution in [1.29, 1.82) is 0 Å². The molecule has 2 atom stereocenters. The van der Waals surface area contributed by atoms with E-state index in [0.29, 0.717) is 12.8 Å². The first-order valence-electron chi connectivity index (χ1n) is 22.2. The highest BCUT2D eigenvalue weighted by molar-refractivity contribution is 9.10. The topological polar surface area (TPSA) is 209 Å². The zero-order valence-electron chi connectivity index (χ0n) is 39.2. The maximum absolute atomic E-state index is 13.1. The number of amides is 5. The van der Waals surface area contributed by atoms with Gasteiger partial charge in [-0.05, 0) is 129 Å². The lowest BCUT2D eigenvalue weighted by molar-refractivity contribution is -0.143. The van der Waals surface area contributed by atoms with Crippen molar-refractivity contribution in [1.82, 2.24) is 20.9 Å². The minimum absolute atomic E-state index is 0.0974. The summed E-state index contributed by atoms with van der Waals surface area (Å²) in [6, 6.07) is 11.2. The summed E-state index contributed by atoms with van der Waals surface area (Å²) in [5.74, 6) is 1.42. The Kier molecular flexibility index (Phi) is 16.4. The molecule has 0 radical (unpaired) electrons. The van der Waals surface area contributed by atoms with Gasteiger partial charge in [-0.25, -0.2) is 24.7 Å². The van der Waals surface area contributed by atoms with Crippen LogP contribution in [0.1, 0.15) is 143 Å². The molecule has 5 amide bonds. The van der Waals surface area contributed by atoms with Gasteiger partial charge >= 0.3 is 24.2 Å². The number of nitrogens with two attached hydrogens (primary N) is 1. The van der Waals surface area contributed by atoms with Crippen LogP contribution < -0.4 is 31.2 Å². The fraction of sp³-hybridized carbons (Fsp3) is 0.617. The molecule has 7 rings (SSSR count). The van der Waals surface area contributed by atoms with E-state index in [-0.39, 0.29) is 41.9 Å². The van der Waals surface area contributed by atoms with E-state index in [1.54, 1.807) is 48.6 Å². The van der Waals surface area contributed by atoms with E-state index in [4.69, 9.17) is 34.4 Å². The number of carbonyl (C=O) groups is 5. The standard InChI is InChI=1S/C23H30BrN3O4.C17H22BrNO3.C7H14N2O3/c1-21(2,3)31-20(29)25-19-26-23(13-18(28)27(19)4)14-22(10-6-5-7-11-22)30-17-9-8-15(24)12-16(17)23;1-21-15(20)10-17(19)11-16(7-3-2-4-8-16)22-14-6-5-12(18)9-13(14)17;1-7(2,3)12-6(11)9-5(10)8-4/h8-9,12H,5-7,10-11,13-14H2,1-4H3,(H,25,26,29);5-6,9H,2-4,7-8,10-11,19H2,1H3;1-4H3,(H2,8,9,10,11). The van der Waals surface area contributed by atoms with Crippen LogP contribution >= 0.6 is 31.9 Å². The van der Waals surface area contributed by atoms with Crippen LogP contribution in [0, 0.1) is 0 Å². The number of nitrogens with zero attached hydrogens (tertiary/aromatic N) is 2. The number of nitrogens with one attached hydrogen (secondary N) is 3. The molecule has 0 saturated heterocycles. The van der Waals surface area contributed by atoms with Gasteiger partial charge in [-0.15, -0.1) is 0 Å². The predicted molar refractivity (Wildman–Crippen MR) is 253 cm³/mol. The third kappa shape index (κ3) is 13.6. The smallest absolute Gasteiger partial charge is 0.415 e. The van der Waals surface area contributed by atoms with Gasteiger partial charge in [0, 0.05) is 47.0 Å². The van der Waals surface area contributed by atoms with E-state index in [2.05, 4.69) is 42.5 Å². The van der Waals surface area contributed by atoms with Crippen LogP contribution in [0.15, 0.2) is 50.3 Å². The molecule has 2 fully saturated rings. The normalized spacial score (nSPS) is 22.7. The Morgan fingerprint density at radius 2 is 1.28 bits per heavy atom. The lowest BCUT2D eigenvalue weighted by atomic mass is 9.69. The van der Waals surface area contributed by atoms with Crippen molar-refractivity contribution >= 4 is 67.9 Å². The van der Waals surface area contributed by atoms with Gasteiger partial charge in [0.15, 0.2) is 0 Å². The molecule has 5 N–H and O–H groups in total. The Bertz CT molecular complexity index is 2130. The van der Waals surface area contributed by atoms with Gasteiger partial charge < -0.3 is 34.7 Å². The number of imide groups is 1. The van der Waals surface area contributed by atoms with Crippen molar-refractivity contribution in [3.8, 4) is 11.5 Å². The minimum atomic E-state index is -0.789. The zero-order valence-corrected chi connectivity index (χ0v) is 42.3. The van der Waals surface area contributed by atoms with Crippen molar-refractivity contribution in [2.45, 2.75) is 165 Å². The number of alkyl carbamates (subject to hydrolysis) is 2. The summed E-state index contributed by atoms with van der Waals surface area (Å²) in [5.41, 5.74) is 5.16. The molecule has 2 saturated carbocycles. The molecule has 0 aromatic heterocycles. The summed E-state index contributed by atoms with van der Waals surface area (Å²) in [5, 5.41) is 6.91. The minimum Gasteiger partial charge on any atom is -0.487 e. The lowest BCUT2D eigenvalue weighted by Crippen LogP contribution is -2.56. The number of aliphatic imine (C=N–C) groups is 1. The molecule has 2 aromatic carbocycles. The first-order chi connectivity index (χ1) is 30.3. The van der Waals surface area contributed by atoms with Gasteiger partial charge in [0.2, 0.25) is 11.9 Å². The van der Waals surface area contributed by atoms with E-state index in [9.17, 15) is 24.0 Å². The largest absolute Gasteiger partial charge is 0.487 e. The van der Waals surface area contributed by atoms with Gasteiger partial charge in [0.1, 0.15) is 39.4 Å². The summed E-state index contributed by atoms with van der Waals surface area (Å²) >= 11 is 7.04. The van der Waals surface area contributed by atoms with Crippen LogP contribution in [0.25, 0.3) is 0 Å². The van der Waals surface area contributed by atoms with Gasteiger partial charge in [0.25, 0.3) is 0 Å². The Morgan fingerprint density at radius 3 is 1.78 bits per heavy atom. The Balaban J connectivity index is 0.000000203. The molecule has 5 aliphatic rings. The second kappa shape index (κ2) is 20.6. The van der Waals surface area contributed by atoms with Crippen molar-refractivity contribution in [3.63, 3.8) is 0 Å². The van der Waals surface area contributed by atoms with E-state index >= 15 is 0 Å². The number of ether oxygens (including phenoxy) is 5. The van der Waals surface area contributed by atoms with Crippen molar-refractivity contribution < 1.29 is 47.7 Å². The molecule has 3 spiro atoms. The first kappa shape index (κ1) is 51.6. The van der Waals surface area contributed by atoms with E-state index < -0.39 is 40.5 Å². The molecule has 2 unspecified atom stereocenters. The SMILES string of the molecule is CN1C(=O)CC2(CC3(CCCCC3)Oc3ccc(Br)cc32)N=C1NC(=O)OC(C)(C)C.CNC(=O)NC(=O)OC(C)(C)C.COC(=O)CC1(N)CC2(CCCCC2)Oc2ccc(Br)cc21. The quantitative estimate of drug-likeness (QED) is 0.165. The number of benzene rings is 2. The third-order valence-corrected chi connectivity index (χ3v) is 12.9. The van der Waals surface area contributed by atoms with E-state index in [1.807, 2.05) is 41.7 Å². The molecule has 358 valence electrons. The van der Waals surface area contributed by atoms with Crippen molar-refractivity contribution in [2.75, 3.05) is 21.2 Å². The number of urea groups is 1. The van der Waals surface area contributed by atoms with Crippen molar-refractivity contribution in [3.05, 3.63) is 56.5 Å². The number of hydrogen-bond acceptors (Lipinski definition) is 12. The average Bonchev–Trinajstić information content (AvgIpc) is 3.20. The molecule has 18 heteroatoms. The summed E-state index contributed by atoms with van der Waals surface area (Å²) in [4.78, 5) is 65.3. The maximum atomic E-state index is 13.1. The van der Waals surface area contributed by atoms with Crippen LogP contribution in [0.2, 0.25) is 0 Å². The third-order valence-electron chi connectivity index (χ3n) is 12.0. The molecule has 2 aliphatic carbocycles. The fourth-order valence-electron chi connectivity index (χ4n) is 9.24. The molecule has 2 aromatic rings. The summed E-state index contributed by atoms with van der Waals surface area (Å²) < 4.78 is 29.8. The summed E-state index contributed by atoms with van der Waals surface area (Å²) in [7, 11) is 4.45. The van der Waals surface area contributed by atoms with E-state index in [0.717, 1.165) is 82.9 Å². The second-order valence-corrected chi connectivity index (χ2v) is 21.5. The second-order valence-electron chi connectivity index (χ2n) is 19.7. The summed E-state index contributed by atoms with van der Waals surface area (Å²) in [6.45, 7) is 10.5. The van der Waals surface area contributed by atoms with Gasteiger partial charge in [0.05, 0.1) is 25.5 Å².